The molecule has 0 aliphatic carbocycles. The predicted octanol–water partition coefficient (Wildman–Crippen LogP) is 3.15. The Morgan fingerprint density at radius 2 is 1.87 bits per heavy atom. The molecule has 0 aliphatic heterocycles. The Hall–Kier alpha value is -1.42. The summed E-state index contributed by atoms with van der Waals surface area (Å²) in [4.78, 5) is 4.17. The lowest BCUT2D eigenvalue weighted by Gasteiger charge is -2.04. The van der Waals surface area contributed by atoms with Gasteiger partial charge in [0.05, 0.1) is 5.69 Å². The molecule has 1 aromatic heterocycles. The number of benzene rings is 1. The largest absolute Gasteiger partial charge is 0.375 e. The highest BCUT2D eigenvalue weighted by atomic mass is 32.1. The molecule has 0 amide bonds. The Morgan fingerprint density at radius 3 is 2.33 bits per heavy atom. The zero-order chi connectivity index (χ0) is 11.0. The first-order chi connectivity index (χ1) is 7.08. The summed E-state index contributed by atoms with van der Waals surface area (Å²) in [5.74, 6) is -0.151. The molecule has 0 saturated carbocycles. The summed E-state index contributed by atoms with van der Waals surface area (Å²) in [6, 6.07) is 3.58. The van der Waals surface area contributed by atoms with E-state index < -0.39 is 0 Å². The summed E-state index contributed by atoms with van der Waals surface area (Å²) in [6.45, 7) is 3.50. The van der Waals surface area contributed by atoms with Crippen LogP contribution in [0.3, 0.4) is 0 Å². The number of nitrogen functional groups attached to an aromatic ring is 1. The molecule has 0 atom stereocenters. The SMILES string of the molecule is Cc1cc(-c2csc(N)n2)cc(C)c1F. The molecule has 0 spiro atoms. The van der Waals surface area contributed by atoms with Crippen molar-refractivity contribution in [1.82, 2.24) is 4.98 Å². The van der Waals surface area contributed by atoms with E-state index in [0.717, 1.165) is 11.3 Å². The van der Waals surface area contributed by atoms with E-state index in [0.29, 0.717) is 16.3 Å². The van der Waals surface area contributed by atoms with E-state index in [9.17, 15) is 4.39 Å². The Bertz CT molecular complexity index is 482. The lowest BCUT2D eigenvalue weighted by Crippen LogP contribution is -1.90. The summed E-state index contributed by atoms with van der Waals surface area (Å²) in [5, 5.41) is 2.41. The molecule has 0 bridgehead atoms. The number of aryl methyl sites for hydroxylation is 2. The highest BCUT2D eigenvalue weighted by molar-refractivity contribution is 7.13. The minimum absolute atomic E-state index is 0.151. The van der Waals surface area contributed by atoms with Gasteiger partial charge in [0.1, 0.15) is 5.82 Å². The molecule has 0 fully saturated rings. The third-order valence-corrected chi connectivity index (χ3v) is 2.93. The van der Waals surface area contributed by atoms with Crippen molar-refractivity contribution in [2.75, 3.05) is 5.73 Å². The van der Waals surface area contributed by atoms with Gasteiger partial charge in [0, 0.05) is 10.9 Å². The number of nitrogens with zero attached hydrogens (tertiary/aromatic N) is 1. The molecule has 2 nitrogen and oxygen atoms in total. The van der Waals surface area contributed by atoms with Gasteiger partial charge in [-0.2, -0.15) is 0 Å². The van der Waals surface area contributed by atoms with Gasteiger partial charge in [-0.15, -0.1) is 11.3 Å². The quantitative estimate of drug-likeness (QED) is 0.805. The predicted molar refractivity (Wildman–Crippen MR) is 61.4 cm³/mol. The number of hydrogen-bond donors (Lipinski definition) is 1. The monoisotopic (exact) mass is 222 g/mol. The van der Waals surface area contributed by atoms with Crippen molar-refractivity contribution in [3.8, 4) is 11.3 Å². The van der Waals surface area contributed by atoms with Crippen LogP contribution in [0.1, 0.15) is 11.1 Å². The fourth-order valence-electron chi connectivity index (χ4n) is 1.51. The van der Waals surface area contributed by atoms with E-state index in [4.69, 9.17) is 5.73 Å². The topological polar surface area (TPSA) is 38.9 Å². The van der Waals surface area contributed by atoms with Crippen LogP contribution in [0, 0.1) is 19.7 Å². The smallest absolute Gasteiger partial charge is 0.180 e. The van der Waals surface area contributed by atoms with Crippen molar-refractivity contribution < 1.29 is 4.39 Å². The van der Waals surface area contributed by atoms with Gasteiger partial charge in [-0.3, -0.25) is 0 Å². The second-order valence-electron chi connectivity index (χ2n) is 3.50. The lowest BCUT2D eigenvalue weighted by atomic mass is 10.0. The molecule has 1 heterocycles. The summed E-state index contributed by atoms with van der Waals surface area (Å²) < 4.78 is 13.4. The normalized spacial score (nSPS) is 10.6. The fourth-order valence-corrected chi connectivity index (χ4v) is 2.09. The van der Waals surface area contributed by atoms with Crippen LogP contribution in [0.15, 0.2) is 17.5 Å². The van der Waals surface area contributed by atoms with Crippen molar-refractivity contribution in [2.45, 2.75) is 13.8 Å². The van der Waals surface area contributed by atoms with Crippen LogP contribution in [0.25, 0.3) is 11.3 Å². The van der Waals surface area contributed by atoms with Crippen LogP contribution in [0.5, 0.6) is 0 Å². The van der Waals surface area contributed by atoms with Gasteiger partial charge in [-0.25, -0.2) is 9.37 Å². The second-order valence-corrected chi connectivity index (χ2v) is 4.38. The van der Waals surface area contributed by atoms with Crippen molar-refractivity contribution in [1.29, 1.82) is 0 Å². The van der Waals surface area contributed by atoms with E-state index in [1.807, 2.05) is 5.38 Å². The zero-order valence-electron chi connectivity index (χ0n) is 8.54. The average molecular weight is 222 g/mol. The molecule has 1 aromatic carbocycles. The number of halogens is 1. The molecule has 4 heteroatoms. The first-order valence-electron chi connectivity index (χ1n) is 4.56. The first kappa shape index (κ1) is 10.1. The Morgan fingerprint density at radius 1 is 1.27 bits per heavy atom. The molecule has 2 aromatic rings. The van der Waals surface area contributed by atoms with Gasteiger partial charge in [0.15, 0.2) is 5.13 Å². The molecule has 78 valence electrons. The van der Waals surface area contributed by atoms with E-state index in [-0.39, 0.29) is 5.82 Å². The zero-order valence-corrected chi connectivity index (χ0v) is 9.36. The number of anilines is 1. The number of aromatic nitrogens is 1. The third kappa shape index (κ3) is 1.85. The molecule has 0 unspecified atom stereocenters. The van der Waals surface area contributed by atoms with Crippen LogP contribution in [-0.2, 0) is 0 Å². The highest BCUT2D eigenvalue weighted by Crippen LogP contribution is 2.26. The van der Waals surface area contributed by atoms with Gasteiger partial charge in [0.25, 0.3) is 0 Å². The van der Waals surface area contributed by atoms with Crippen LogP contribution < -0.4 is 5.73 Å². The second kappa shape index (κ2) is 3.62. The highest BCUT2D eigenvalue weighted by Gasteiger charge is 2.07. The van der Waals surface area contributed by atoms with Crippen molar-refractivity contribution in [3.05, 3.63) is 34.5 Å². The van der Waals surface area contributed by atoms with Crippen LogP contribution in [0.2, 0.25) is 0 Å². The molecule has 2 rings (SSSR count). The molecule has 0 aliphatic rings. The van der Waals surface area contributed by atoms with E-state index in [2.05, 4.69) is 4.98 Å². The summed E-state index contributed by atoms with van der Waals surface area (Å²) in [5.41, 5.74) is 8.55. The maximum atomic E-state index is 13.4. The lowest BCUT2D eigenvalue weighted by molar-refractivity contribution is 0.609. The number of hydrogen-bond acceptors (Lipinski definition) is 3. The van der Waals surface area contributed by atoms with Gasteiger partial charge in [0.2, 0.25) is 0 Å². The fraction of sp³-hybridized carbons (Fsp3) is 0.182. The number of thiazole rings is 1. The maximum absolute atomic E-state index is 13.4. The first-order valence-corrected chi connectivity index (χ1v) is 5.44. The van der Waals surface area contributed by atoms with Gasteiger partial charge in [-0.1, -0.05) is 0 Å². The molecule has 2 N–H and O–H groups in total. The van der Waals surface area contributed by atoms with E-state index in [1.165, 1.54) is 11.3 Å². The van der Waals surface area contributed by atoms with Gasteiger partial charge in [-0.05, 0) is 37.1 Å². The summed E-state index contributed by atoms with van der Waals surface area (Å²) in [6.07, 6.45) is 0. The van der Waals surface area contributed by atoms with Crippen LogP contribution >= 0.6 is 11.3 Å². The summed E-state index contributed by atoms with van der Waals surface area (Å²) in [7, 11) is 0. The Labute approximate surface area is 91.6 Å². The third-order valence-electron chi connectivity index (χ3n) is 2.25. The molecule has 0 saturated heterocycles. The molecular weight excluding hydrogens is 211 g/mol. The van der Waals surface area contributed by atoms with E-state index >= 15 is 0 Å². The Balaban J connectivity index is 2.55. The molecular formula is C11H11FN2S. The number of rotatable bonds is 1. The van der Waals surface area contributed by atoms with Crippen molar-refractivity contribution in [2.24, 2.45) is 0 Å². The molecule has 0 radical (unpaired) electrons. The molecule has 15 heavy (non-hydrogen) atoms. The Kier molecular flexibility index (Phi) is 2.44. The van der Waals surface area contributed by atoms with Crippen molar-refractivity contribution >= 4 is 16.5 Å². The standard InChI is InChI=1S/C11H11FN2S/c1-6-3-8(4-7(2)10(6)12)9-5-15-11(13)14-9/h3-5H,1-2H3,(H2,13,14). The van der Waals surface area contributed by atoms with E-state index in [1.54, 1.807) is 26.0 Å². The summed E-state index contributed by atoms with van der Waals surface area (Å²) >= 11 is 1.39. The van der Waals surface area contributed by atoms with Crippen LogP contribution in [0.4, 0.5) is 9.52 Å². The van der Waals surface area contributed by atoms with Crippen molar-refractivity contribution in [3.63, 3.8) is 0 Å². The van der Waals surface area contributed by atoms with Gasteiger partial charge >= 0.3 is 0 Å². The number of nitrogens with two attached hydrogens (primary N) is 1. The van der Waals surface area contributed by atoms with Gasteiger partial charge < -0.3 is 5.73 Å². The minimum atomic E-state index is -0.151. The average Bonchev–Trinajstić information content (AvgIpc) is 2.60. The van der Waals surface area contributed by atoms with Crippen LogP contribution in [-0.4, -0.2) is 4.98 Å². The minimum Gasteiger partial charge on any atom is -0.375 e. The maximum Gasteiger partial charge on any atom is 0.180 e.